The van der Waals surface area contributed by atoms with Gasteiger partial charge in [-0.15, -0.1) is 0 Å². The standard InChI is InChI=1S/C20H22N2O4S/c1-14(23)16-5-4-8-18(13-16)21-20(24)15-9-11-19(12-10-15)27(25,26)22-17-6-2-3-7-17/h4-5,8-13,17,22H,2-3,6-7H2,1H3,(H,21,24). The molecular weight excluding hydrogens is 364 g/mol. The Balaban J connectivity index is 1.70. The highest BCUT2D eigenvalue weighted by atomic mass is 32.2. The Hall–Kier alpha value is -2.51. The Morgan fingerprint density at radius 1 is 0.963 bits per heavy atom. The summed E-state index contributed by atoms with van der Waals surface area (Å²) in [5.41, 5.74) is 1.35. The Kier molecular flexibility index (Phi) is 5.72. The van der Waals surface area contributed by atoms with Crippen molar-refractivity contribution in [3.8, 4) is 0 Å². The topological polar surface area (TPSA) is 92.3 Å². The summed E-state index contributed by atoms with van der Waals surface area (Å²) in [5, 5.41) is 2.71. The molecule has 0 aliphatic heterocycles. The molecule has 1 aliphatic carbocycles. The number of rotatable bonds is 6. The van der Waals surface area contributed by atoms with Crippen molar-refractivity contribution in [1.29, 1.82) is 0 Å². The second-order valence-electron chi connectivity index (χ2n) is 6.72. The summed E-state index contributed by atoms with van der Waals surface area (Å²) in [5.74, 6) is -0.459. The fourth-order valence-corrected chi connectivity index (χ4v) is 4.44. The van der Waals surface area contributed by atoms with E-state index in [9.17, 15) is 18.0 Å². The first-order valence-corrected chi connectivity index (χ1v) is 10.4. The molecule has 1 aliphatic rings. The largest absolute Gasteiger partial charge is 0.322 e. The zero-order valence-corrected chi connectivity index (χ0v) is 15.9. The van der Waals surface area contributed by atoms with Crippen LogP contribution in [0.4, 0.5) is 5.69 Å². The maximum Gasteiger partial charge on any atom is 0.255 e. The lowest BCUT2D eigenvalue weighted by molar-refractivity contribution is 0.101. The van der Waals surface area contributed by atoms with Gasteiger partial charge in [0, 0.05) is 22.9 Å². The third-order valence-electron chi connectivity index (χ3n) is 4.63. The first-order valence-electron chi connectivity index (χ1n) is 8.90. The van der Waals surface area contributed by atoms with E-state index in [1.807, 2.05) is 0 Å². The van der Waals surface area contributed by atoms with E-state index in [2.05, 4.69) is 10.0 Å². The number of hydrogen-bond donors (Lipinski definition) is 2. The molecule has 0 heterocycles. The molecular formula is C20H22N2O4S. The summed E-state index contributed by atoms with van der Waals surface area (Å²) >= 11 is 0. The zero-order valence-electron chi connectivity index (χ0n) is 15.1. The predicted octanol–water partition coefficient (Wildman–Crippen LogP) is 3.36. The summed E-state index contributed by atoms with van der Waals surface area (Å²) in [4.78, 5) is 23.9. The molecule has 6 nitrogen and oxygen atoms in total. The molecule has 0 saturated heterocycles. The molecule has 1 saturated carbocycles. The summed E-state index contributed by atoms with van der Waals surface area (Å²) in [6, 6.07) is 12.5. The molecule has 0 aromatic heterocycles. The Bertz CT molecular complexity index is 946. The van der Waals surface area contributed by atoms with Gasteiger partial charge in [-0.25, -0.2) is 13.1 Å². The molecule has 2 N–H and O–H groups in total. The number of carbonyl (C=O) groups is 2. The van der Waals surface area contributed by atoms with Crippen molar-refractivity contribution in [1.82, 2.24) is 4.72 Å². The lowest BCUT2D eigenvalue weighted by Gasteiger charge is -2.13. The van der Waals surface area contributed by atoms with E-state index in [-0.39, 0.29) is 22.6 Å². The van der Waals surface area contributed by atoms with Gasteiger partial charge in [-0.2, -0.15) is 0 Å². The minimum absolute atomic E-state index is 0.00784. The third kappa shape index (κ3) is 4.81. The molecule has 0 radical (unpaired) electrons. The molecule has 2 aromatic rings. The van der Waals surface area contributed by atoms with Crippen LogP contribution in [0.5, 0.6) is 0 Å². The molecule has 0 spiro atoms. The number of ketones is 1. The number of benzene rings is 2. The van der Waals surface area contributed by atoms with Gasteiger partial charge in [0.25, 0.3) is 5.91 Å². The maximum absolute atomic E-state index is 12.4. The Morgan fingerprint density at radius 3 is 2.26 bits per heavy atom. The van der Waals surface area contributed by atoms with Gasteiger partial charge < -0.3 is 5.32 Å². The molecule has 0 unspecified atom stereocenters. The highest BCUT2D eigenvalue weighted by Crippen LogP contribution is 2.21. The number of sulfonamides is 1. The van der Waals surface area contributed by atoms with Gasteiger partial charge in [-0.3, -0.25) is 9.59 Å². The van der Waals surface area contributed by atoms with Crippen LogP contribution < -0.4 is 10.0 Å². The van der Waals surface area contributed by atoms with Gasteiger partial charge in [0.2, 0.25) is 10.0 Å². The molecule has 0 bridgehead atoms. The van der Waals surface area contributed by atoms with E-state index in [0.717, 1.165) is 25.7 Å². The van der Waals surface area contributed by atoms with Gasteiger partial charge in [-0.1, -0.05) is 25.0 Å². The number of nitrogens with one attached hydrogen (secondary N) is 2. The van der Waals surface area contributed by atoms with Crippen molar-refractivity contribution < 1.29 is 18.0 Å². The van der Waals surface area contributed by atoms with Crippen LogP contribution >= 0.6 is 0 Å². The Labute approximate surface area is 159 Å². The van der Waals surface area contributed by atoms with Crippen molar-refractivity contribution in [2.75, 3.05) is 5.32 Å². The fraction of sp³-hybridized carbons (Fsp3) is 0.300. The van der Waals surface area contributed by atoms with Crippen molar-refractivity contribution in [3.63, 3.8) is 0 Å². The van der Waals surface area contributed by atoms with Crippen LogP contribution in [0, 0.1) is 0 Å². The first-order chi connectivity index (χ1) is 12.8. The average Bonchev–Trinajstić information content (AvgIpc) is 3.14. The second kappa shape index (κ2) is 8.02. The highest BCUT2D eigenvalue weighted by Gasteiger charge is 2.23. The van der Waals surface area contributed by atoms with Crippen LogP contribution in [-0.2, 0) is 10.0 Å². The quantitative estimate of drug-likeness (QED) is 0.745. The van der Waals surface area contributed by atoms with Crippen molar-refractivity contribution in [2.45, 2.75) is 43.5 Å². The van der Waals surface area contributed by atoms with Crippen LogP contribution in [0.1, 0.15) is 53.3 Å². The molecule has 2 aromatic carbocycles. The molecule has 7 heteroatoms. The number of Topliss-reactive ketones (excluding diaryl/α,β-unsaturated/α-hetero) is 1. The number of anilines is 1. The monoisotopic (exact) mass is 386 g/mol. The summed E-state index contributed by atoms with van der Waals surface area (Å²) in [6.45, 7) is 1.46. The van der Waals surface area contributed by atoms with Crippen LogP contribution in [0.25, 0.3) is 0 Å². The lowest BCUT2D eigenvalue weighted by atomic mass is 10.1. The summed E-state index contributed by atoms with van der Waals surface area (Å²) in [7, 11) is -3.58. The van der Waals surface area contributed by atoms with E-state index in [1.54, 1.807) is 24.3 Å². The predicted molar refractivity (Wildman–Crippen MR) is 103 cm³/mol. The van der Waals surface area contributed by atoms with Crippen LogP contribution in [0.2, 0.25) is 0 Å². The minimum Gasteiger partial charge on any atom is -0.322 e. The summed E-state index contributed by atoms with van der Waals surface area (Å²) in [6.07, 6.45) is 3.80. The average molecular weight is 386 g/mol. The smallest absolute Gasteiger partial charge is 0.255 e. The van der Waals surface area contributed by atoms with E-state index >= 15 is 0 Å². The molecule has 1 fully saturated rings. The zero-order chi connectivity index (χ0) is 19.4. The lowest BCUT2D eigenvalue weighted by Crippen LogP contribution is -2.32. The van der Waals surface area contributed by atoms with Crippen molar-refractivity contribution in [3.05, 3.63) is 59.7 Å². The van der Waals surface area contributed by atoms with E-state index in [1.165, 1.54) is 31.2 Å². The highest BCUT2D eigenvalue weighted by molar-refractivity contribution is 7.89. The SMILES string of the molecule is CC(=O)c1cccc(NC(=O)c2ccc(S(=O)(=O)NC3CCCC3)cc2)c1. The normalized spacial score (nSPS) is 14.9. The van der Waals surface area contributed by atoms with Crippen molar-refractivity contribution in [2.24, 2.45) is 0 Å². The molecule has 1 amide bonds. The van der Waals surface area contributed by atoms with Crippen LogP contribution in [0.15, 0.2) is 53.4 Å². The summed E-state index contributed by atoms with van der Waals surface area (Å²) < 4.78 is 27.6. The second-order valence-corrected chi connectivity index (χ2v) is 8.43. The van der Waals surface area contributed by atoms with E-state index in [0.29, 0.717) is 16.8 Å². The van der Waals surface area contributed by atoms with Crippen LogP contribution in [0.3, 0.4) is 0 Å². The fourth-order valence-electron chi connectivity index (χ4n) is 3.14. The number of amides is 1. The number of carbonyl (C=O) groups excluding carboxylic acids is 2. The van der Waals surface area contributed by atoms with Crippen LogP contribution in [-0.4, -0.2) is 26.2 Å². The van der Waals surface area contributed by atoms with E-state index < -0.39 is 10.0 Å². The van der Waals surface area contributed by atoms with Gasteiger partial charge in [-0.05, 0) is 56.2 Å². The Morgan fingerprint density at radius 2 is 1.63 bits per heavy atom. The minimum atomic E-state index is -3.58. The van der Waals surface area contributed by atoms with E-state index in [4.69, 9.17) is 0 Å². The molecule has 0 atom stereocenters. The molecule has 27 heavy (non-hydrogen) atoms. The third-order valence-corrected chi connectivity index (χ3v) is 6.17. The number of hydrogen-bond acceptors (Lipinski definition) is 4. The van der Waals surface area contributed by atoms with Gasteiger partial charge in [0.05, 0.1) is 4.90 Å². The first kappa shape index (κ1) is 19.3. The van der Waals surface area contributed by atoms with Gasteiger partial charge in [0.1, 0.15) is 0 Å². The maximum atomic E-state index is 12.4. The molecule has 3 rings (SSSR count). The van der Waals surface area contributed by atoms with Gasteiger partial charge >= 0.3 is 0 Å². The van der Waals surface area contributed by atoms with Crippen molar-refractivity contribution >= 4 is 27.4 Å². The van der Waals surface area contributed by atoms with Gasteiger partial charge in [0.15, 0.2) is 5.78 Å². The molecule has 142 valence electrons.